The highest BCUT2D eigenvalue weighted by molar-refractivity contribution is 5.91. The van der Waals surface area contributed by atoms with Gasteiger partial charge in [-0.05, 0) is 50.7 Å². The molecule has 1 heterocycles. The molecule has 1 saturated carbocycles. The van der Waals surface area contributed by atoms with Gasteiger partial charge in [0.2, 0.25) is 0 Å². The minimum Gasteiger partial charge on any atom is -0.507 e. The van der Waals surface area contributed by atoms with Crippen molar-refractivity contribution in [3.05, 3.63) is 64.8 Å². The summed E-state index contributed by atoms with van der Waals surface area (Å²) in [6, 6.07) is 12.1. The molecule has 1 aromatic heterocycles. The van der Waals surface area contributed by atoms with Gasteiger partial charge in [0.15, 0.2) is 18.7 Å². The smallest absolute Gasteiger partial charge is 0.410 e. The predicted octanol–water partition coefficient (Wildman–Crippen LogP) is 4.54. The van der Waals surface area contributed by atoms with Crippen molar-refractivity contribution in [1.82, 2.24) is 20.4 Å². The molecule has 0 radical (unpaired) electrons. The van der Waals surface area contributed by atoms with Gasteiger partial charge in [0.05, 0.1) is 19.8 Å². The van der Waals surface area contributed by atoms with Crippen LogP contribution in [0.1, 0.15) is 66.2 Å². The number of rotatable bonds is 14. The number of aldehydes is 1. The zero-order valence-electron chi connectivity index (χ0n) is 26.9. The number of alkyl carbamates (subject to hydrolysis) is 1. The summed E-state index contributed by atoms with van der Waals surface area (Å²) in [5, 5.41) is 22.5. The normalized spacial score (nSPS) is 16.1. The largest absolute Gasteiger partial charge is 0.507 e. The molecule has 3 amide bonds. The van der Waals surface area contributed by atoms with Crippen LogP contribution in [0.25, 0.3) is 0 Å². The van der Waals surface area contributed by atoms with Gasteiger partial charge in [-0.1, -0.05) is 24.3 Å². The third-order valence-corrected chi connectivity index (χ3v) is 8.02. The van der Waals surface area contributed by atoms with Crippen molar-refractivity contribution in [3.8, 4) is 17.2 Å². The molecule has 0 bridgehead atoms. The second-order valence-corrected chi connectivity index (χ2v) is 11.2. The Kier molecular flexibility index (Phi) is 12.0. The zero-order chi connectivity index (χ0) is 33.9. The number of nitrogens with one attached hydrogen (secondary N) is 3. The maximum absolute atomic E-state index is 13.2. The molecule has 4 rings (SSSR count). The highest BCUT2D eigenvalue weighted by Gasteiger charge is 2.32. The SMILES string of the molecule is CCN(C(=O)O[C@@H]1CC[C@H](c2cc(NC(=O)COc3cc(OC)cc(O)c3C=O)n[nH]2)C1)C(C)Cc1cccc(CNC(=O)OC)c1. The number of H-pyrrole nitrogens is 1. The summed E-state index contributed by atoms with van der Waals surface area (Å²) in [5.74, 6) is -0.194. The highest BCUT2D eigenvalue weighted by Crippen LogP contribution is 2.36. The van der Waals surface area contributed by atoms with E-state index in [-0.39, 0.29) is 47.0 Å². The number of carbonyl (C=O) groups is 4. The molecule has 0 aliphatic heterocycles. The number of phenols is 1. The van der Waals surface area contributed by atoms with Crippen molar-refractivity contribution in [2.45, 2.75) is 64.1 Å². The lowest BCUT2D eigenvalue weighted by Crippen LogP contribution is -2.41. The van der Waals surface area contributed by atoms with Crippen LogP contribution in [0.15, 0.2) is 42.5 Å². The third-order valence-electron chi connectivity index (χ3n) is 8.02. The number of ether oxygens (including phenoxy) is 4. The van der Waals surface area contributed by atoms with E-state index in [1.165, 1.54) is 26.4 Å². The van der Waals surface area contributed by atoms with Crippen LogP contribution in [-0.2, 0) is 27.2 Å². The van der Waals surface area contributed by atoms with Crippen LogP contribution in [-0.4, -0.2) is 84.1 Å². The number of aromatic amines is 1. The van der Waals surface area contributed by atoms with E-state index in [1.807, 2.05) is 38.1 Å². The number of benzene rings is 2. The maximum atomic E-state index is 13.2. The topological polar surface area (TPSA) is 181 Å². The number of methoxy groups -OCH3 is 2. The summed E-state index contributed by atoms with van der Waals surface area (Å²) in [6.07, 6.45) is 2.01. The molecule has 1 fully saturated rings. The van der Waals surface area contributed by atoms with E-state index in [0.29, 0.717) is 44.5 Å². The molecule has 0 spiro atoms. The quantitative estimate of drug-likeness (QED) is 0.181. The van der Waals surface area contributed by atoms with Crippen LogP contribution >= 0.6 is 0 Å². The first kappa shape index (κ1) is 34.6. The fourth-order valence-electron chi connectivity index (χ4n) is 5.60. The van der Waals surface area contributed by atoms with Crippen LogP contribution in [0.5, 0.6) is 17.2 Å². The average Bonchev–Trinajstić information content (AvgIpc) is 3.72. The maximum Gasteiger partial charge on any atom is 0.410 e. The Bertz CT molecular complexity index is 1560. The van der Waals surface area contributed by atoms with Gasteiger partial charge in [0.25, 0.3) is 5.91 Å². The van der Waals surface area contributed by atoms with Crippen molar-refractivity contribution in [2.75, 3.05) is 32.7 Å². The van der Waals surface area contributed by atoms with E-state index in [4.69, 9.17) is 14.2 Å². The van der Waals surface area contributed by atoms with Gasteiger partial charge in [-0.3, -0.25) is 14.7 Å². The van der Waals surface area contributed by atoms with Gasteiger partial charge >= 0.3 is 12.2 Å². The Morgan fingerprint density at radius 2 is 1.94 bits per heavy atom. The molecule has 47 heavy (non-hydrogen) atoms. The lowest BCUT2D eigenvalue weighted by atomic mass is 10.0. The predicted molar refractivity (Wildman–Crippen MR) is 171 cm³/mol. The monoisotopic (exact) mass is 651 g/mol. The number of nitrogens with zero attached hydrogens (tertiary/aromatic N) is 2. The summed E-state index contributed by atoms with van der Waals surface area (Å²) in [6.45, 7) is 4.30. The van der Waals surface area contributed by atoms with Gasteiger partial charge in [-0.25, -0.2) is 9.59 Å². The molecule has 252 valence electrons. The first-order valence-electron chi connectivity index (χ1n) is 15.3. The molecule has 4 N–H and O–H groups in total. The Morgan fingerprint density at radius 3 is 2.66 bits per heavy atom. The minimum absolute atomic E-state index is 0.0107. The molecule has 3 aromatic rings. The van der Waals surface area contributed by atoms with Crippen LogP contribution in [0, 0.1) is 0 Å². The standard InChI is InChI=1S/C33H41N5O9/c1-5-38(20(2)11-21-7-6-8-22(12-21)17-34-32(42)45-4)33(43)47-24-10-9-23(13-24)27-16-30(37-36-27)35-31(41)19-46-29-15-25(44-3)14-28(40)26(29)18-39/h6-8,12,14-16,18,20,23-24,40H,5,9-11,13,17,19H2,1-4H3,(H,34,42)(H2,35,36,37,41)/t20?,23-,24+/m0/s1. The van der Waals surface area contributed by atoms with Crippen LogP contribution in [0.2, 0.25) is 0 Å². The first-order valence-corrected chi connectivity index (χ1v) is 15.3. The number of anilines is 1. The summed E-state index contributed by atoms with van der Waals surface area (Å²) in [4.78, 5) is 50.2. The fraction of sp³-hybridized carbons (Fsp3) is 0.424. The lowest BCUT2D eigenvalue weighted by Gasteiger charge is -2.29. The van der Waals surface area contributed by atoms with Crippen molar-refractivity contribution in [2.24, 2.45) is 0 Å². The Labute approximate surface area is 272 Å². The van der Waals surface area contributed by atoms with Gasteiger partial charge in [0.1, 0.15) is 23.4 Å². The molecule has 14 nitrogen and oxygen atoms in total. The number of aromatic hydroxyl groups is 1. The molecule has 1 aliphatic rings. The number of aromatic nitrogens is 2. The van der Waals surface area contributed by atoms with Crippen molar-refractivity contribution >= 4 is 30.2 Å². The van der Waals surface area contributed by atoms with Gasteiger partial charge in [0, 0.05) is 48.9 Å². The summed E-state index contributed by atoms with van der Waals surface area (Å²) in [7, 11) is 2.72. The summed E-state index contributed by atoms with van der Waals surface area (Å²) >= 11 is 0. The molecule has 1 unspecified atom stereocenters. The highest BCUT2D eigenvalue weighted by atomic mass is 16.6. The van der Waals surface area contributed by atoms with E-state index in [0.717, 1.165) is 23.2 Å². The van der Waals surface area contributed by atoms with Crippen molar-refractivity contribution in [3.63, 3.8) is 0 Å². The molecule has 14 heteroatoms. The second-order valence-electron chi connectivity index (χ2n) is 11.2. The minimum atomic E-state index is -0.515. The number of amides is 3. The zero-order valence-corrected chi connectivity index (χ0v) is 26.9. The van der Waals surface area contributed by atoms with Crippen molar-refractivity contribution < 1.29 is 43.2 Å². The van der Waals surface area contributed by atoms with Gasteiger partial charge in [-0.2, -0.15) is 5.10 Å². The summed E-state index contributed by atoms with van der Waals surface area (Å²) < 4.78 is 21.1. The van der Waals surface area contributed by atoms with Crippen LogP contribution in [0.3, 0.4) is 0 Å². The molecule has 3 atom stereocenters. The van der Waals surface area contributed by atoms with E-state index in [1.54, 1.807) is 11.0 Å². The number of phenolic OH excluding ortho intramolecular Hbond substituents is 1. The summed E-state index contributed by atoms with van der Waals surface area (Å²) in [5.41, 5.74) is 2.68. The van der Waals surface area contributed by atoms with E-state index in [2.05, 4.69) is 25.6 Å². The third kappa shape index (κ3) is 9.37. The van der Waals surface area contributed by atoms with E-state index >= 15 is 0 Å². The number of hydrogen-bond donors (Lipinski definition) is 4. The number of hydrogen-bond acceptors (Lipinski definition) is 10. The molecule has 2 aromatic carbocycles. The molecular formula is C33H41N5O9. The molecular weight excluding hydrogens is 610 g/mol. The average molecular weight is 652 g/mol. The molecule has 1 aliphatic carbocycles. The van der Waals surface area contributed by atoms with Crippen molar-refractivity contribution in [1.29, 1.82) is 0 Å². The fourth-order valence-corrected chi connectivity index (χ4v) is 5.60. The Hall–Kier alpha value is -5.27. The Balaban J connectivity index is 1.26. The Morgan fingerprint density at radius 1 is 1.15 bits per heavy atom. The van der Waals surface area contributed by atoms with Crippen LogP contribution < -0.4 is 20.1 Å². The van der Waals surface area contributed by atoms with E-state index < -0.39 is 18.6 Å². The number of carbonyl (C=O) groups excluding carboxylic acids is 4. The van der Waals surface area contributed by atoms with Crippen LogP contribution in [0.4, 0.5) is 15.4 Å². The lowest BCUT2D eigenvalue weighted by molar-refractivity contribution is -0.118. The first-order chi connectivity index (χ1) is 22.6. The molecule has 0 saturated heterocycles. The number of likely N-dealkylation sites (N-methyl/N-ethyl adjacent to an activating group) is 1. The second kappa shape index (κ2) is 16.3. The van der Waals surface area contributed by atoms with Gasteiger partial charge < -0.3 is 39.6 Å². The van der Waals surface area contributed by atoms with E-state index in [9.17, 15) is 24.3 Å². The van der Waals surface area contributed by atoms with Gasteiger partial charge in [-0.15, -0.1) is 0 Å².